The summed E-state index contributed by atoms with van der Waals surface area (Å²) in [5, 5.41) is 13.2. The highest BCUT2D eigenvalue weighted by atomic mass is 35.5. The van der Waals surface area contributed by atoms with Gasteiger partial charge in [-0.2, -0.15) is 0 Å². The van der Waals surface area contributed by atoms with Gasteiger partial charge in [0.15, 0.2) is 0 Å². The van der Waals surface area contributed by atoms with Gasteiger partial charge in [0, 0.05) is 26.4 Å². The molecule has 0 bridgehead atoms. The first kappa shape index (κ1) is 21.9. The van der Waals surface area contributed by atoms with Gasteiger partial charge >= 0.3 is 5.97 Å². The summed E-state index contributed by atoms with van der Waals surface area (Å²) in [5.74, 6) is -2.51. The second-order valence-electron chi connectivity index (χ2n) is 7.19. The van der Waals surface area contributed by atoms with E-state index in [1.807, 2.05) is 0 Å². The van der Waals surface area contributed by atoms with Crippen molar-refractivity contribution in [2.45, 2.75) is 26.0 Å². The lowest BCUT2D eigenvalue weighted by atomic mass is 10.0. The van der Waals surface area contributed by atoms with E-state index < -0.39 is 23.2 Å². The predicted molar refractivity (Wildman–Crippen MR) is 114 cm³/mol. The molecule has 0 aliphatic heterocycles. The number of benzene rings is 3. The lowest BCUT2D eigenvalue weighted by molar-refractivity contribution is -0.143. The van der Waals surface area contributed by atoms with Crippen molar-refractivity contribution in [3.63, 3.8) is 0 Å². The first-order valence-corrected chi connectivity index (χ1v) is 9.69. The highest BCUT2D eigenvalue weighted by molar-refractivity contribution is 6.35. The van der Waals surface area contributed by atoms with Gasteiger partial charge in [-0.1, -0.05) is 53.5 Å². The summed E-state index contributed by atoms with van der Waals surface area (Å²) in [4.78, 5) is 24.2. The Balaban J connectivity index is 2.06. The maximum atomic E-state index is 14.7. The van der Waals surface area contributed by atoms with Crippen LogP contribution in [-0.4, -0.2) is 22.5 Å². The SMILES string of the molecule is CC(C)(NC(=O)c1cc(F)c2ccccc2c1OCc1ccc(Cl)cc1Cl)C(=O)O. The van der Waals surface area contributed by atoms with Crippen molar-refractivity contribution in [2.24, 2.45) is 0 Å². The molecular weight excluding hydrogens is 432 g/mol. The van der Waals surface area contributed by atoms with Crippen LogP contribution in [0.5, 0.6) is 5.75 Å². The number of carbonyl (C=O) groups excluding carboxylic acids is 1. The number of fused-ring (bicyclic) bond motifs is 1. The molecule has 5 nitrogen and oxygen atoms in total. The van der Waals surface area contributed by atoms with Gasteiger partial charge in [0.2, 0.25) is 0 Å². The molecule has 0 aliphatic carbocycles. The molecule has 0 atom stereocenters. The summed E-state index contributed by atoms with van der Waals surface area (Å²) in [7, 11) is 0. The number of ether oxygens (including phenoxy) is 1. The van der Waals surface area contributed by atoms with Gasteiger partial charge in [-0.3, -0.25) is 4.79 Å². The maximum Gasteiger partial charge on any atom is 0.328 e. The summed E-state index contributed by atoms with van der Waals surface area (Å²) in [6.45, 7) is 2.66. The molecule has 1 amide bonds. The lowest BCUT2D eigenvalue weighted by Gasteiger charge is -2.22. The zero-order valence-corrected chi connectivity index (χ0v) is 17.6. The third-order valence-electron chi connectivity index (χ3n) is 4.54. The fraction of sp³-hybridized carbons (Fsp3) is 0.182. The second-order valence-corrected chi connectivity index (χ2v) is 8.03. The van der Waals surface area contributed by atoms with E-state index in [1.165, 1.54) is 13.8 Å². The van der Waals surface area contributed by atoms with Crippen LogP contribution >= 0.6 is 23.2 Å². The Morgan fingerprint density at radius 2 is 1.77 bits per heavy atom. The minimum absolute atomic E-state index is 0.00572. The van der Waals surface area contributed by atoms with Gasteiger partial charge in [0.25, 0.3) is 5.91 Å². The minimum Gasteiger partial charge on any atom is -0.487 e. The van der Waals surface area contributed by atoms with E-state index in [9.17, 15) is 19.1 Å². The highest BCUT2D eigenvalue weighted by Crippen LogP contribution is 2.34. The molecule has 3 aromatic carbocycles. The van der Waals surface area contributed by atoms with Crippen molar-refractivity contribution in [3.05, 3.63) is 75.5 Å². The normalized spacial score (nSPS) is 11.4. The van der Waals surface area contributed by atoms with Gasteiger partial charge in [0.1, 0.15) is 23.7 Å². The standard InChI is InChI=1S/C22H18Cl2FNO4/c1-22(2,21(28)29)26-20(27)16-10-18(25)14-5-3-4-6-15(14)19(16)30-11-12-7-8-13(23)9-17(12)24/h3-10H,11H2,1-2H3,(H,26,27)(H,28,29). The zero-order chi connectivity index (χ0) is 22.1. The van der Waals surface area contributed by atoms with E-state index in [-0.39, 0.29) is 23.3 Å². The van der Waals surface area contributed by atoms with E-state index >= 15 is 0 Å². The Kier molecular flexibility index (Phi) is 6.19. The smallest absolute Gasteiger partial charge is 0.328 e. The monoisotopic (exact) mass is 449 g/mol. The molecule has 8 heteroatoms. The number of hydrogen-bond acceptors (Lipinski definition) is 3. The number of carboxylic acid groups (broad SMARTS) is 1. The zero-order valence-electron chi connectivity index (χ0n) is 16.1. The molecule has 0 spiro atoms. The molecular formula is C22H18Cl2FNO4. The molecule has 0 unspecified atom stereocenters. The number of aliphatic carboxylic acids is 1. The number of carboxylic acids is 1. The summed E-state index contributed by atoms with van der Waals surface area (Å²) in [5.41, 5.74) is -1.06. The number of halogens is 3. The van der Waals surface area contributed by atoms with Crippen molar-refractivity contribution in [2.75, 3.05) is 0 Å². The highest BCUT2D eigenvalue weighted by Gasteiger charge is 2.31. The minimum atomic E-state index is -1.56. The van der Waals surface area contributed by atoms with Gasteiger partial charge in [-0.05, 0) is 32.0 Å². The Morgan fingerprint density at radius 1 is 1.10 bits per heavy atom. The number of hydrogen-bond donors (Lipinski definition) is 2. The van der Waals surface area contributed by atoms with Crippen LogP contribution in [0.3, 0.4) is 0 Å². The summed E-state index contributed by atoms with van der Waals surface area (Å²) in [6.07, 6.45) is 0. The number of nitrogens with one attached hydrogen (secondary N) is 1. The van der Waals surface area contributed by atoms with Crippen LogP contribution in [0.1, 0.15) is 29.8 Å². The summed E-state index contributed by atoms with van der Waals surface area (Å²) < 4.78 is 20.6. The molecule has 0 aromatic heterocycles. The first-order chi connectivity index (χ1) is 14.1. The molecule has 0 radical (unpaired) electrons. The summed E-state index contributed by atoms with van der Waals surface area (Å²) in [6, 6.07) is 12.5. The molecule has 0 aliphatic rings. The van der Waals surface area contributed by atoms with E-state index in [0.29, 0.717) is 21.0 Å². The first-order valence-electron chi connectivity index (χ1n) is 8.94. The van der Waals surface area contributed by atoms with Crippen molar-refractivity contribution < 1.29 is 23.8 Å². The van der Waals surface area contributed by atoms with Gasteiger partial charge < -0.3 is 15.2 Å². The third-order valence-corrected chi connectivity index (χ3v) is 5.12. The molecule has 0 saturated heterocycles. The Labute approximate surface area is 182 Å². The van der Waals surface area contributed by atoms with Gasteiger partial charge in [0.05, 0.1) is 5.56 Å². The maximum absolute atomic E-state index is 14.7. The summed E-state index contributed by atoms with van der Waals surface area (Å²) >= 11 is 12.1. The molecule has 2 N–H and O–H groups in total. The molecule has 3 rings (SSSR count). The fourth-order valence-corrected chi connectivity index (χ4v) is 3.28. The van der Waals surface area contributed by atoms with E-state index in [4.69, 9.17) is 27.9 Å². The quantitative estimate of drug-likeness (QED) is 0.523. The van der Waals surface area contributed by atoms with E-state index in [1.54, 1.807) is 42.5 Å². The molecule has 0 saturated carbocycles. The average Bonchev–Trinajstić information content (AvgIpc) is 2.68. The number of rotatable bonds is 6. The van der Waals surface area contributed by atoms with Crippen LogP contribution in [0.15, 0.2) is 48.5 Å². The second kappa shape index (κ2) is 8.50. The van der Waals surface area contributed by atoms with E-state index in [0.717, 1.165) is 6.07 Å². The Hall–Kier alpha value is -2.83. The Bertz CT molecular complexity index is 1150. The third kappa shape index (κ3) is 4.50. The topological polar surface area (TPSA) is 75.6 Å². The molecule has 156 valence electrons. The van der Waals surface area contributed by atoms with Crippen LogP contribution in [0.2, 0.25) is 10.0 Å². The molecule has 3 aromatic rings. The fourth-order valence-electron chi connectivity index (χ4n) is 2.82. The number of amides is 1. The largest absolute Gasteiger partial charge is 0.487 e. The van der Waals surface area contributed by atoms with Crippen LogP contribution < -0.4 is 10.1 Å². The number of carbonyl (C=O) groups is 2. The van der Waals surface area contributed by atoms with Crippen LogP contribution in [0, 0.1) is 5.82 Å². The van der Waals surface area contributed by atoms with Crippen LogP contribution in [0.4, 0.5) is 4.39 Å². The lowest BCUT2D eigenvalue weighted by Crippen LogP contribution is -2.49. The molecule has 0 fully saturated rings. The van der Waals surface area contributed by atoms with Crippen molar-refractivity contribution in [1.29, 1.82) is 0 Å². The molecule has 0 heterocycles. The van der Waals surface area contributed by atoms with Gasteiger partial charge in [-0.25, -0.2) is 9.18 Å². The predicted octanol–water partition coefficient (Wildman–Crippen LogP) is 5.46. The van der Waals surface area contributed by atoms with E-state index in [2.05, 4.69) is 5.32 Å². The van der Waals surface area contributed by atoms with Crippen molar-refractivity contribution in [1.82, 2.24) is 5.32 Å². The van der Waals surface area contributed by atoms with Crippen LogP contribution in [-0.2, 0) is 11.4 Å². The van der Waals surface area contributed by atoms with Crippen molar-refractivity contribution >= 4 is 45.9 Å². The van der Waals surface area contributed by atoms with Gasteiger partial charge in [-0.15, -0.1) is 0 Å². The van der Waals surface area contributed by atoms with Crippen molar-refractivity contribution in [3.8, 4) is 5.75 Å². The van der Waals surface area contributed by atoms with Crippen LogP contribution in [0.25, 0.3) is 10.8 Å². The molecule has 30 heavy (non-hydrogen) atoms. The Morgan fingerprint density at radius 3 is 2.40 bits per heavy atom. The average molecular weight is 450 g/mol.